The predicted octanol–water partition coefficient (Wildman–Crippen LogP) is 4.34. The zero-order chi connectivity index (χ0) is 19.8. The lowest BCUT2D eigenvalue weighted by atomic mass is 10.2. The molecule has 0 fully saturated rings. The van der Waals surface area contributed by atoms with E-state index in [0.29, 0.717) is 6.42 Å². The number of nitrogens with zero attached hydrogens (tertiary/aromatic N) is 1. The maximum absolute atomic E-state index is 13.0. The summed E-state index contributed by atoms with van der Waals surface area (Å²) in [6.45, 7) is 13.1. The molecule has 0 amide bonds. The number of benzene rings is 1. The molecule has 0 heterocycles. The highest BCUT2D eigenvalue weighted by Crippen LogP contribution is 2.55. The lowest BCUT2D eigenvalue weighted by molar-refractivity contribution is 0.224. The van der Waals surface area contributed by atoms with Gasteiger partial charge in [-0.25, -0.2) is 8.42 Å². The van der Waals surface area contributed by atoms with E-state index in [1.807, 2.05) is 6.92 Å². The van der Waals surface area contributed by atoms with Crippen LogP contribution in [-0.4, -0.2) is 39.0 Å². The van der Waals surface area contributed by atoms with Crippen molar-refractivity contribution in [3.63, 3.8) is 0 Å². The van der Waals surface area contributed by atoms with Gasteiger partial charge in [0, 0.05) is 18.4 Å². The summed E-state index contributed by atoms with van der Waals surface area (Å²) < 4.78 is 50.6. The van der Waals surface area contributed by atoms with Crippen molar-refractivity contribution in [1.82, 2.24) is 4.31 Å². The Balaban J connectivity index is 3.16. The van der Waals surface area contributed by atoms with Crippen LogP contribution in [0.2, 0.25) is 0 Å². The van der Waals surface area contributed by atoms with E-state index in [4.69, 9.17) is 9.05 Å². The van der Waals surface area contributed by atoms with Gasteiger partial charge in [0.15, 0.2) is 0 Å². The van der Waals surface area contributed by atoms with Crippen LogP contribution in [0.15, 0.2) is 53.7 Å². The monoisotopic (exact) mass is 401 g/mol. The van der Waals surface area contributed by atoms with Gasteiger partial charge >= 0.3 is 7.60 Å². The normalized spacial score (nSPS) is 12.3. The zero-order valence-electron chi connectivity index (χ0n) is 15.7. The molecule has 0 unspecified atom stereocenters. The Morgan fingerprint density at radius 1 is 1.19 bits per heavy atom. The first-order valence-corrected chi connectivity index (χ1v) is 11.4. The van der Waals surface area contributed by atoms with Gasteiger partial charge in [-0.05, 0) is 39.3 Å². The van der Waals surface area contributed by atoms with E-state index in [1.165, 1.54) is 4.31 Å². The fourth-order valence-corrected chi connectivity index (χ4v) is 5.24. The van der Waals surface area contributed by atoms with Crippen LogP contribution in [0.1, 0.15) is 25.8 Å². The largest absolute Gasteiger partial charge is 0.358 e. The maximum atomic E-state index is 13.0. The maximum Gasteiger partial charge on any atom is 0.358 e. The molecule has 0 aliphatic rings. The average Bonchev–Trinajstić information content (AvgIpc) is 2.59. The molecule has 8 heteroatoms. The highest BCUT2D eigenvalue weighted by Gasteiger charge is 2.33. The smallest absolute Gasteiger partial charge is 0.306 e. The second kappa shape index (κ2) is 10.2. The molecule has 0 aromatic heterocycles. The number of sulfonamides is 1. The highest BCUT2D eigenvalue weighted by atomic mass is 32.2. The Labute approximate surface area is 157 Å². The molecule has 0 radical (unpaired) electrons. The van der Waals surface area contributed by atoms with Crippen molar-refractivity contribution in [2.24, 2.45) is 0 Å². The topological polar surface area (TPSA) is 72.9 Å². The van der Waals surface area contributed by atoms with E-state index in [9.17, 15) is 13.0 Å². The first-order valence-electron chi connectivity index (χ1n) is 8.46. The van der Waals surface area contributed by atoms with Crippen LogP contribution in [0.25, 0.3) is 0 Å². The van der Waals surface area contributed by atoms with E-state index in [2.05, 4.69) is 13.2 Å². The Hall–Kier alpha value is -1.24. The molecular formula is C18H28NO5PS. The lowest BCUT2D eigenvalue weighted by Crippen LogP contribution is -2.33. The molecule has 0 aliphatic carbocycles. The van der Waals surface area contributed by atoms with Crippen LogP contribution in [0.3, 0.4) is 0 Å². The van der Waals surface area contributed by atoms with E-state index in [0.717, 1.165) is 5.56 Å². The third kappa shape index (κ3) is 5.89. The van der Waals surface area contributed by atoms with Gasteiger partial charge in [0.25, 0.3) is 0 Å². The third-order valence-corrected chi connectivity index (χ3v) is 7.56. The minimum atomic E-state index is -3.78. The molecule has 0 aliphatic heterocycles. The van der Waals surface area contributed by atoms with E-state index in [-0.39, 0.29) is 36.5 Å². The summed E-state index contributed by atoms with van der Waals surface area (Å²) in [6, 6.07) is 6.58. The van der Waals surface area contributed by atoms with Gasteiger partial charge in [0.05, 0.1) is 18.1 Å². The van der Waals surface area contributed by atoms with Gasteiger partial charge in [-0.3, -0.25) is 4.57 Å². The molecule has 0 bridgehead atoms. The minimum absolute atomic E-state index is 0.112. The average molecular weight is 401 g/mol. The summed E-state index contributed by atoms with van der Waals surface area (Å²) in [6.07, 6.45) is 2.08. The van der Waals surface area contributed by atoms with Crippen LogP contribution in [0.5, 0.6) is 0 Å². The lowest BCUT2D eigenvalue weighted by Gasteiger charge is -2.26. The summed E-state index contributed by atoms with van der Waals surface area (Å²) in [7, 11) is -7.37. The van der Waals surface area contributed by atoms with Gasteiger partial charge in [-0.2, -0.15) is 4.31 Å². The van der Waals surface area contributed by atoms with Crippen molar-refractivity contribution in [2.75, 3.05) is 26.3 Å². The van der Waals surface area contributed by atoms with Crippen molar-refractivity contribution in [3.8, 4) is 0 Å². The second-order valence-corrected chi connectivity index (χ2v) is 9.71. The minimum Gasteiger partial charge on any atom is -0.306 e. The molecule has 0 saturated carbocycles. The molecule has 1 rings (SSSR count). The molecule has 0 saturated heterocycles. The van der Waals surface area contributed by atoms with Gasteiger partial charge in [0.2, 0.25) is 10.0 Å². The van der Waals surface area contributed by atoms with Gasteiger partial charge in [0.1, 0.15) is 0 Å². The summed E-state index contributed by atoms with van der Waals surface area (Å²) in [5, 5.41) is 0.112. The van der Waals surface area contributed by atoms with Crippen molar-refractivity contribution >= 4 is 17.6 Å². The molecule has 0 N–H and O–H groups in total. The van der Waals surface area contributed by atoms with Crippen molar-refractivity contribution in [1.29, 1.82) is 0 Å². The highest BCUT2D eigenvalue weighted by molar-refractivity contribution is 7.89. The van der Waals surface area contributed by atoms with Crippen LogP contribution < -0.4 is 0 Å². The van der Waals surface area contributed by atoms with E-state index >= 15 is 0 Å². The quantitative estimate of drug-likeness (QED) is 0.385. The first-order chi connectivity index (χ1) is 12.2. The summed E-state index contributed by atoms with van der Waals surface area (Å²) in [5.74, 6) is 0. The molecule has 1 aromatic rings. The van der Waals surface area contributed by atoms with Crippen molar-refractivity contribution in [3.05, 3.63) is 54.4 Å². The van der Waals surface area contributed by atoms with Crippen LogP contribution in [-0.2, 0) is 23.6 Å². The molecule has 6 nitrogen and oxygen atoms in total. The van der Waals surface area contributed by atoms with Crippen LogP contribution in [0.4, 0.5) is 0 Å². The fourth-order valence-electron chi connectivity index (χ4n) is 2.23. The number of aryl methyl sites for hydroxylation is 1. The predicted molar refractivity (Wildman–Crippen MR) is 105 cm³/mol. The molecule has 0 spiro atoms. The van der Waals surface area contributed by atoms with Crippen LogP contribution in [0, 0.1) is 6.92 Å². The van der Waals surface area contributed by atoms with Gasteiger partial charge in [-0.15, -0.1) is 6.58 Å². The van der Waals surface area contributed by atoms with Crippen LogP contribution >= 0.6 is 7.60 Å². The Kier molecular flexibility index (Phi) is 8.93. The molecule has 0 atom stereocenters. The number of hydrogen-bond donors (Lipinski definition) is 0. The Bertz CT molecular complexity index is 748. The molecule has 26 heavy (non-hydrogen) atoms. The first kappa shape index (κ1) is 22.8. The van der Waals surface area contributed by atoms with E-state index < -0.39 is 17.6 Å². The molecule has 1 aromatic carbocycles. The fraction of sp³-hybridized carbons (Fsp3) is 0.444. The SMILES string of the molecule is C=CCCN(CC(=C)P(=O)(OCC)OCC)S(=O)(=O)c1ccc(C)cc1. The molecular weight excluding hydrogens is 373 g/mol. The number of hydrogen-bond acceptors (Lipinski definition) is 5. The summed E-state index contributed by atoms with van der Waals surface area (Å²) in [4.78, 5) is 0.169. The van der Waals surface area contributed by atoms with Crippen molar-refractivity contribution in [2.45, 2.75) is 32.1 Å². The summed E-state index contributed by atoms with van der Waals surface area (Å²) >= 11 is 0. The molecule has 146 valence electrons. The van der Waals surface area contributed by atoms with Gasteiger partial charge in [-0.1, -0.05) is 30.4 Å². The standard InChI is InChI=1S/C18H28NO5PS/c1-6-9-14-19(15-17(5)25(20,23-7-2)24-8-3)26(21,22)18-12-10-16(4)11-13-18/h6,10-13H,1,5,7-9,14-15H2,2-4H3. The zero-order valence-corrected chi connectivity index (χ0v) is 17.4. The Morgan fingerprint density at radius 2 is 1.73 bits per heavy atom. The van der Waals surface area contributed by atoms with Gasteiger partial charge < -0.3 is 9.05 Å². The summed E-state index contributed by atoms with van der Waals surface area (Å²) in [5.41, 5.74) is 0.961. The second-order valence-electron chi connectivity index (χ2n) is 5.63. The number of rotatable bonds is 12. The third-order valence-electron chi connectivity index (χ3n) is 3.59. The Morgan fingerprint density at radius 3 is 2.19 bits per heavy atom. The van der Waals surface area contributed by atoms with E-state index in [1.54, 1.807) is 44.2 Å². The van der Waals surface area contributed by atoms with Crippen molar-refractivity contribution < 1.29 is 22.0 Å².